The zero-order chi connectivity index (χ0) is 26.3. The van der Waals surface area contributed by atoms with E-state index in [0.717, 1.165) is 11.8 Å². The van der Waals surface area contributed by atoms with Crippen molar-refractivity contribution in [3.63, 3.8) is 0 Å². The number of nitrogens with zero attached hydrogens (tertiary/aromatic N) is 3. The highest BCUT2D eigenvalue weighted by Gasteiger charge is 2.21. The predicted octanol–water partition coefficient (Wildman–Crippen LogP) is 5.12. The van der Waals surface area contributed by atoms with Crippen LogP contribution in [0.2, 0.25) is 5.02 Å². The number of ether oxygens (including phenoxy) is 1. The maximum Gasteiger partial charge on any atom is 0.274 e. The van der Waals surface area contributed by atoms with E-state index in [0.29, 0.717) is 10.6 Å². The summed E-state index contributed by atoms with van der Waals surface area (Å²) in [6.45, 7) is 1.82. The third kappa shape index (κ3) is 4.61. The molecule has 5 aromatic rings. The summed E-state index contributed by atoms with van der Waals surface area (Å²) < 4.78 is 52.6. The molecular weight excluding hydrogens is 521 g/mol. The maximum absolute atomic E-state index is 15.4. The van der Waals surface area contributed by atoms with Crippen LogP contribution in [0.15, 0.2) is 81.3 Å². The van der Waals surface area contributed by atoms with Crippen molar-refractivity contribution >= 4 is 32.5 Å². The number of methoxy groups -OCH3 is 1. The normalized spacial score (nSPS) is 11.7. The monoisotopic (exact) mass is 539 g/mol. The first-order chi connectivity index (χ1) is 17.7. The van der Waals surface area contributed by atoms with Gasteiger partial charge in [0.25, 0.3) is 5.56 Å². The molecule has 8 nitrogen and oxygen atoms in total. The number of fused-ring (bicyclic) bond motifs is 1. The topological polar surface area (TPSA) is 104 Å². The quantitative estimate of drug-likeness (QED) is 0.295. The Morgan fingerprint density at radius 3 is 2.62 bits per heavy atom. The summed E-state index contributed by atoms with van der Waals surface area (Å²) in [4.78, 5) is 17.0. The van der Waals surface area contributed by atoms with Crippen molar-refractivity contribution in [2.75, 3.05) is 7.11 Å². The molecule has 11 heteroatoms. The van der Waals surface area contributed by atoms with Crippen LogP contribution in [0, 0.1) is 12.7 Å². The molecule has 2 heterocycles. The highest BCUT2D eigenvalue weighted by molar-refractivity contribution is 7.90. The molecule has 2 aromatic heterocycles. The number of aryl methyl sites for hydroxylation is 1. The maximum atomic E-state index is 15.4. The zero-order valence-electron chi connectivity index (χ0n) is 19.6. The van der Waals surface area contributed by atoms with E-state index < -0.39 is 21.2 Å². The lowest BCUT2D eigenvalue weighted by atomic mass is 10.0. The van der Waals surface area contributed by atoms with Crippen LogP contribution in [0.5, 0.6) is 5.75 Å². The molecule has 0 aliphatic rings. The molecule has 0 fully saturated rings. The van der Waals surface area contributed by atoms with E-state index in [1.54, 1.807) is 18.2 Å². The van der Waals surface area contributed by atoms with Crippen LogP contribution in [0.4, 0.5) is 4.39 Å². The summed E-state index contributed by atoms with van der Waals surface area (Å²) in [5.74, 6) is -0.707. The average molecular weight is 540 g/mol. The second kappa shape index (κ2) is 9.45. The summed E-state index contributed by atoms with van der Waals surface area (Å²) in [7, 11) is -2.36. The Kier molecular flexibility index (Phi) is 6.30. The zero-order valence-corrected chi connectivity index (χ0v) is 21.2. The molecule has 0 unspecified atom stereocenters. The Labute approximate surface area is 215 Å². The first kappa shape index (κ1) is 24.7. The number of hydrogen-bond acceptors (Lipinski definition) is 7. The molecule has 0 saturated heterocycles. The highest BCUT2D eigenvalue weighted by Crippen LogP contribution is 2.34. The van der Waals surface area contributed by atoms with Crippen molar-refractivity contribution in [2.45, 2.75) is 17.6 Å². The molecule has 0 amide bonds. The first-order valence-corrected chi connectivity index (χ1v) is 13.0. The van der Waals surface area contributed by atoms with Gasteiger partial charge in [0.05, 0.1) is 40.6 Å². The van der Waals surface area contributed by atoms with Crippen molar-refractivity contribution < 1.29 is 22.1 Å². The smallest absolute Gasteiger partial charge is 0.274 e. The number of benzene rings is 3. The van der Waals surface area contributed by atoms with Gasteiger partial charge in [0.2, 0.25) is 0 Å². The standard InChI is InChI=1S/C26H19ClFN3O5S/c1-15-9-16(3-5-20(15)27)19-11-25(35-2)24(12-21(19)28)31-23-6-4-18(10-22(23)29-13-26(31)32)37(33,34)14-17-7-8-36-30-17/h3-13H,14H2,1-2H3. The van der Waals surface area contributed by atoms with E-state index in [2.05, 4.69) is 10.1 Å². The number of sulfone groups is 1. The minimum Gasteiger partial charge on any atom is -0.495 e. The van der Waals surface area contributed by atoms with Gasteiger partial charge in [-0.15, -0.1) is 0 Å². The fraction of sp³-hybridized carbons (Fsp3) is 0.115. The molecule has 0 N–H and O–H groups in total. The lowest BCUT2D eigenvalue weighted by Crippen LogP contribution is -2.20. The van der Waals surface area contributed by atoms with Gasteiger partial charge in [-0.1, -0.05) is 22.8 Å². The number of rotatable bonds is 6. The molecule has 0 spiro atoms. The van der Waals surface area contributed by atoms with Crippen molar-refractivity contribution in [2.24, 2.45) is 0 Å². The third-order valence-electron chi connectivity index (χ3n) is 5.89. The van der Waals surface area contributed by atoms with Gasteiger partial charge in [-0.05, 0) is 54.4 Å². The Bertz CT molecular complexity index is 1820. The molecule has 0 aliphatic heterocycles. The molecule has 5 rings (SSSR count). The highest BCUT2D eigenvalue weighted by atomic mass is 35.5. The van der Waals surface area contributed by atoms with Crippen LogP contribution in [0.3, 0.4) is 0 Å². The van der Waals surface area contributed by atoms with Gasteiger partial charge in [-0.3, -0.25) is 9.36 Å². The van der Waals surface area contributed by atoms with Crippen LogP contribution in [-0.4, -0.2) is 30.2 Å². The molecule has 0 atom stereocenters. The number of hydrogen-bond donors (Lipinski definition) is 0. The van der Waals surface area contributed by atoms with E-state index in [1.165, 1.54) is 54.3 Å². The largest absolute Gasteiger partial charge is 0.495 e. The van der Waals surface area contributed by atoms with E-state index in [-0.39, 0.29) is 44.4 Å². The minimum atomic E-state index is -3.77. The van der Waals surface area contributed by atoms with Crippen molar-refractivity contribution in [3.8, 4) is 22.6 Å². The molecule has 0 saturated carbocycles. The van der Waals surface area contributed by atoms with Gasteiger partial charge in [-0.25, -0.2) is 17.8 Å². The van der Waals surface area contributed by atoms with E-state index in [1.807, 2.05) is 6.92 Å². The fourth-order valence-corrected chi connectivity index (χ4v) is 5.43. The van der Waals surface area contributed by atoms with Gasteiger partial charge in [0, 0.05) is 22.7 Å². The van der Waals surface area contributed by atoms with Gasteiger partial charge >= 0.3 is 0 Å². The number of aromatic nitrogens is 3. The summed E-state index contributed by atoms with van der Waals surface area (Å²) in [6, 6.07) is 13.5. The average Bonchev–Trinajstić information content (AvgIpc) is 3.37. The second-order valence-corrected chi connectivity index (χ2v) is 10.7. The Morgan fingerprint density at radius 2 is 1.92 bits per heavy atom. The van der Waals surface area contributed by atoms with E-state index in [4.69, 9.17) is 20.9 Å². The first-order valence-electron chi connectivity index (χ1n) is 11.0. The van der Waals surface area contributed by atoms with Crippen LogP contribution < -0.4 is 10.3 Å². The van der Waals surface area contributed by atoms with Gasteiger partial charge < -0.3 is 9.26 Å². The SMILES string of the molecule is COc1cc(-c2ccc(Cl)c(C)c2)c(F)cc1-n1c(=O)cnc2cc(S(=O)(=O)Cc3ccon3)ccc21. The molecule has 0 radical (unpaired) electrons. The van der Waals surface area contributed by atoms with Crippen LogP contribution in [-0.2, 0) is 15.6 Å². The fourth-order valence-electron chi connectivity index (χ4n) is 4.04. The molecule has 37 heavy (non-hydrogen) atoms. The molecule has 0 bridgehead atoms. The lowest BCUT2D eigenvalue weighted by molar-refractivity contribution is 0.412. The van der Waals surface area contributed by atoms with E-state index in [9.17, 15) is 13.2 Å². The van der Waals surface area contributed by atoms with Crippen LogP contribution in [0.1, 0.15) is 11.3 Å². The van der Waals surface area contributed by atoms with Crippen LogP contribution in [0.25, 0.3) is 27.8 Å². The Hall–Kier alpha value is -4.02. The Balaban J connectivity index is 1.64. The lowest BCUT2D eigenvalue weighted by Gasteiger charge is -2.16. The van der Waals surface area contributed by atoms with Gasteiger partial charge in [0.15, 0.2) is 9.84 Å². The number of halogens is 2. The van der Waals surface area contributed by atoms with E-state index >= 15 is 4.39 Å². The van der Waals surface area contributed by atoms with Crippen molar-refractivity contribution in [1.82, 2.24) is 14.7 Å². The summed E-state index contributed by atoms with van der Waals surface area (Å²) in [6.07, 6.45) is 2.33. The van der Waals surface area contributed by atoms with Gasteiger partial charge in [-0.2, -0.15) is 0 Å². The molecule has 0 aliphatic carbocycles. The molecular formula is C26H19ClFN3O5S. The summed E-state index contributed by atoms with van der Waals surface area (Å²) in [5, 5.41) is 4.21. The Morgan fingerprint density at radius 1 is 1.11 bits per heavy atom. The van der Waals surface area contributed by atoms with Crippen molar-refractivity contribution in [1.29, 1.82) is 0 Å². The van der Waals surface area contributed by atoms with Crippen LogP contribution >= 0.6 is 11.6 Å². The third-order valence-corrected chi connectivity index (χ3v) is 7.96. The molecule has 3 aromatic carbocycles. The van der Waals surface area contributed by atoms with Gasteiger partial charge in [0.1, 0.15) is 23.6 Å². The minimum absolute atomic E-state index is 0.00713. The second-order valence-electron chi connectivity index (χ2n) is 8.30. The summed E-state index contributed by atoms with van der Waals surface area (Å²) >= 11 is 6.11. The predicted molar refractivity (Wildman–Crippen MR) is 136 cm³/mol. The van der Waals surface area contributed by atoms with Crippen molar-refractivity contribution in [3.05, 3.63) is 99.5 Å². The summed E-state index contributed by atoms with van der Waals surface area (Å²) in [5.41, 5.74) is 2.01. The molecule has 188 valence electrons.